The summed E-state index contributed by atoms with van der Waals surface area (Å²) in [6.45, 7) is 0.627. The van der Waals surface area contributed by atoms with Crippen LogP contribution in [0.25, 0.3) is 0 Å². The first kappa shape index (κ1) is 10.7. The van der Waals surface area contributed by atoms with Crippen molar-refractivity contribution in [3.63, 3.8) is 0 Å². The van der Waals surface area contributed by atoms with E-state index in [1.807, 2.05) is 24.3 Å². The maximum absolute atomic E-state index is 5.88. The quantitative estimate of drug-likeness (QED) is 0.856. The van der Waals surface area contributed by atoms with Crippen molar-refractivity contribution >= 4 is 23.1 Å². The molecule has 1 aromatic carbocycles. The SMILES string of the molecule is Nc1cncnc1NCc1cccc(Cl)c1. The topological polar surface area (TPSA) is 63.8 Å². The highest BCUT2D eigenvalue weighted by atomic mass is 35.5. The molecule has 1 aromatic heterocycles. The van der Waals surface area contributed by atoms with Gasteiger partial charge in [-0.25, -0.2) is 9.97 Å². The molecule has 0 saturated heterocycles. The smallest absolute Gasteiger partial charge is 0.152 e. The Kier molecular flexibility index (Phi) is 3.22. The van der Waals surface area contributed by atoms with Crippen LogP contribution in [0, 0.1) is 0 Å². The molecular formula is C11H11ClN4. The Morgan fingerprint density at radius 3 is 3.00 bits per heavy atom. The molecule has 0 unspecified atom stereocenters. The molecule has 2 aromatic rings. The Morgan fingerprint density at radius 1 is 1.38 bits per heavy atom. The third-order valence-electron chi connectivity index (χ3n) is 2.09. The molecule has 5 heteroatoms. The van der Waals surface area contributed by atoms with Crippen LogP contribution in [0.4, 0.5) is 11.5 Å². The second-order valence-corrected chi connectivity index (χ2v) is 3.75. The first-order valence-corrected chi connectivity index (χ1v) is 5.17. The molecule has 82 valence electrons. The van der Waals surface area contributed by atoms with Gasteiger partial charge in [0.25, 0.3) is 0 Å². The number of nitrogen functional groups attached to an aromatic ring is 1. The van der Waals surface area contributed by atoms with E-state index in [9.17, 15) is 0 Å². The molecule has 0 amide bonds. The number of benzene rings is 1. The highest BCUT2D eigenvalue weighted by Gasteiger charge is 1.99. The summed E-state index contributed by atoms with van der Waals surface area (Å²) >= 11 is 5.88. The van der Waals surface area contributed by atoms with E-state index in [1.54, 1.807) is 6.20 Å². The molecule has 0 aliphatic heterocycles. The lowest BCUT2D eigenvalue weighted by Crippen LogP contribution is -2.04. The molecular weight excluding hydrogens is 224 g/mol. The number of nitrogens with zero attached hydrogens (tertiary/aromatic N) is 2. The summed E-state index contributed by atoms with van der Waals surface area (Å²) in [6, 6.07) is 7.62. The number of nitrogens with one attached hydrogen (secondary N) is 1. The van der Waals surface area contributed by atoms with Gasteiger partial charge in [-0.1, -0.05) is 23.7 Å². The van der Waals surface area contributed by atoms with Gasteiger partial charge in [-0.2, -0.15) is 0 Å². The van der Waals surface area contributed by atoms with E-state index in [4.69, 9.17) is 17.3 Å². The van der Waals surface area contributed by atoms with Crippen LogP contribution in [0.1, 0.15) is 5.56 Å². The molecule has 4 nitrogen and oxygen atoms in total. The summed E-state index contributed by atoms with van der Waals surface area (Å²) in [5.74, 6) is 0.634. The van der Waals surface area contributed by atoms with Gasteiger partial charge in [0.15, 0.2) is 5.82 Å². The van der Waals surface area contributed by atoms with Crippen LogP contribution in [0.2, 0.25) is 5.02 Å². The summed E-state index contributed by atoms with van der Waals surface area (Å²) in [5.41, 5.74) is 7.31. The molecule has 2 rings (SSSR count). The van der Waals surface area contributed by atoms with Gasteiger partial charge in [0.1, 0.15) is 6.33 Å². The minimum absolute atomic E-state index is 0.532. The second-order valence-electron chi connectivity index (χ2n) is 3.31. The van der Waals surface area contributed by atoms with E-state index >= 15 is 0 Å². The summed E-state index contributed by atoms with van der Waals surface area (Å²) < 4.78 is 0. The highest BCUT2D eigenvalue weighted by Crippen LogP contribution is 2.15. The average Bonchev–Trinajstić information content (AvgIpc) is 2.28. The monoisotopic (exact) mass is 234 g/mol. The lowest BCUT2D eigenvalue weighted by Gasteiger charge is -2.07. The minimum atomic E-state index is 0.532. The van der Waals surface area contributed by atoms with Crippen molar-refractivity contribution in [3.8, 4) is 0 Å². The summed E-state index contributed by atoms with van der Waals surface area (Å²) in [4.78, 5) is 7.85. The van der Waals surface area contributed by atoms with Gasteiger partial charge in [0.2, 0.25) is 0 Å². The number of halogens is 1. The molecule has 3 N–H and O–H groups in total. The average molecular weight is 235 g/mol. The molecule has 0 aliphatic carbocycles. The van der Waals surface area contributed by atoms with Crippen molar-refractivity contribution in [3.05, 3.63) is 47.4 Å². The zero-order valence-corrected chi connectivity index (χ0v) is 9.28. The van der Waals surface area contributed by atoms with Crippen molar-refractivity contribution in [1.29, 1.82) is 0 Å². The van der Waals surface area contributed by atoms with E-state index in [1.165, 1.54) is 6.33 Å². The fraction of sp³-hybridized carbons (Fsp3) is 0.0909. The van der Waals surface area contributed by atoms with Gasteiger partial charge < -0.3 is 11.1 Å². The Hall–Kier alpha value is -1.81. The fourth-order valence-electron chi connectivity index (χ4n) is 1.32. The molecule has 0 spiro atoms. The molecule has 1 heterocycles. The zero-order chi connectivity index (χ0) is 11.4. The number of anilines is 2. The maximum atomic E-state index is 5.88. The summed E-state index contributed by atoms with van der Waals surface area (Å²) in [5, 5.41) is 3.84. The Labute approximate surface area is 98.5 Å². The number of nitrogens with two attached hydrogens (primary N) is 1. The van der Waals surface area contributed by atoms with Gasteiger partial charge in [0, 0.05) is 11.6 Å². The molecule has 0 atom stereocenters. The normalized spacial score (nSPS) is 10.1. The Balaban J connectivity index is 2.05. The Morgan fingerprint density at radius 2 is 2.25 bits per heavy atom. The van der Waals surface area contributed by atoms with Crippen molar-refractivity contribution in [2.45, 2.75) is 6.54 Å². The number of hydrogen-bond donors (Lipinski definition) is 2. The van der Waals surface area contributed by atoms with E-state index < -0.39 is 0 Å². The molecule has 0 fully saturated rings. The van der Waals surface area contributed by atoms with Crippen LogP contribution >= 0.6 is 11.6 Å². The van der Waals surface area contributed by atoms with Crippen LogP contribution < -0.4 is 11.1 Å². The van der Waals surface area contributed by atoms with E-state index in [0.29, 0.717) is 18.1 Å². The largest absolute Gasteiger partial charge is 0.394 e. The van der Waals surface area contributed by atoms with E-state index in [2.05, 4.69) is 15.3 Å². The highest BCUT2D eigenvalue weighted by molar-refractivity contribution is 6.30. The third kappa shape index (κ3) is 2.61. The number of aromatic nitrogens is 2. The molecule has 0 aliphatic rings. The predicted octanol–water partition coefficient (Wildman–Crippen LogP) is 2.32. The number of rotatable bonds is 3. The standard InChI is InChI=1S/C11H11ClN4/c12-9-3-1-2-8(4-9)5-15-11-10(13)6-14-7-16-11/h1-4,6-7H,5,13H2,(H,14,15,16). The van der Waals surface area contributed by atoms with Crippen molar-refractivity contribution < 1.29 is 0 Å². The van der Waals surface area contributed by atoms with Crippen LogP contribution in [-0.4, -0.2) is 9.97 Å². The van der Waals surface area contributed by atoms with Crippen LogP contribution in [0.15, 0.2) is 36.8 Å². The molecule has 16 heavy (non-hydrogen) atoms. The second kappa shape index (κ2) is 4.81. The van der Waals surface area contributed by atoms with E-state index in [0.717, 1.165) is 10.6 Å². The van der Waals surface area contributed by atoms with Gasteiger partial charge in [-0.3, -0.25) is 0 Å². The third-order valence-corrected chi connectivity index (χ3v) is 2.32. The van der Waals surface area contributed by atoms with Crippen LogP contribution in [-0.2, 0) is 6.54 Å². The molecule has 0 radical (unpaired) electrons. The first-order valence-electron chi connectivity index (χ1n) is 4.79. The molecule has 0 saturated carbocycles. The van der Waals surface area contributed by atoms with Crippen molar-refractivity contribution in [1.82, 2.24) is 9.97 Å². The zero-order valence-electron chi connectivity index (χ0n) is 8.52. The first-order chi connectivity index (χ1) is 7.75. The summed E-state index contributed by atoms with van der Waals surface area (Å²) in [6.07, 6.45) is 3.02. The van der Waals surface area contributed by atoms with Gasteiger partial charge in [-0.15, -0.1) is 0 Å². The number of hydrogen-bond acceptors (Lipinski definition) is 4. The van der Waals surface area contributed by atoms with Crippen molar-refractivity contribution in [2.24, 2.45) is 0 Å². The van der Waals surface area contributed by atoms with E-state index in [-0.39, 0.29) is 0 Å². The minimum Gasteiger partial charge on any atom is -0.394 e. The van der Waals surface area contributed by atoms with Crippen LogP contribution in [0.5, 0.6) is 0 Å². The van der Waals surface area contributed by atoms with Gasteiger partial charge >= 0.3 is 0 Å². The lowest BCUT2D eigenvalue weighted by molar-refractivity contribution is 1.08. The van der Waals surface area contributed by atoms with Gasteiger partial charge in [-0.05, 0) is 17.7 Å². The summed E-state index contributed by atoms with van der Waals surface area (Å²) in [7, 11) is 0. The van der Waals surface area contributed by atoms with Crippen molar-refractivity contribution in [2.75, 3.05) is 11.1 Å². The maximum Gasteiger partial charge on any atom is 0.152 e. The fourth-order valence-corrected chi connectivity index (χ4v) is 1.53. The molecule has 0 bridgehead atoms. The lowest BCUT2D eigenvalue weighted by atomic mass is 10.2. The predicted molar refractivity (Wildman–Crippen MR) is 65.2 cm³/mol. The van der Waals surface area contributed by atoms with Gasteiger partial charge in [0.05, 0.1) is 11.9 Å². The Bertz CT molecular complexity index is 487. The van der Waals surface area contributed by atoms with Crippen LogP contribution in [0.3, 0.4) is 0 Å².